The number of rotatable bonds is 14. The Morgan fingerprint density at radius 2 is 1.73 bits per heavy atom. The molecule has 6 N–H and O–H groups in total. The molecule has 1 aliphatic carbocycles. The standard InChI is InChI=1S/C27H39N5O7S/c1-38-23-14-19-10-11-21(13-20(19)15-24(23)39-2)40(36,37)31-22(9-6-12-30-27(28)29)26(35)32(17-25(33)34)16-18-7-4-3-5-8-18/h10-11,13-15,18,22,31H,3-9,12,16-17H2,1-2H3,(H,33,34)(H4,28,29,30). The normalized spacial score (nSPS) is 14.8. The highest BCUT2D eigenvalue weighted by molar-refractivity contribution is 7.89. The van der Waals surface area contributed by atoms with Crippen LogP contribution in [0.4, 0.5) is 0 Å². The number of nitrogens with two attached hydrogens (primary N) is 2. The zero-order valence-corrected chi connectivity index (χ0v) is 23.8. The lowest BCUT2D eigenvalue weighted by atomic mass is 9.89. The zero-order chi connectivity index (χ0) is 29.3. The molecule has 0 aromatic heterocycles. The molecule has 2 aromatic carbocycles. The average molecular weight is 578 g/mol. The van der Waals surface area contributed by atoms with E-state index in [-0.39, 0.29) is 36.3 Å². The fourth-order valence-electron chi connectivity index (χ4n) is 5.01. The molecule has 0 radical (unpaired) electrons. The summed E-state index contributed by atoms with van der Waals surface area (Å²) < 4.78 is 40.2. The highest BCUT2D eigenvalue weighted by Gasteiger charge is 2.32. The van der Waals surface area contributed by atoms with Gasteiger partial charge in [-0.15, -0.1) is 0 Å². The van der Waals surface area contributed by atoms with Gasteiger partial charge in [0, 0.05) is 13.1 Å². The summed E-state index contributed by atoms with van der Waals surface area (Å²) in [7, 11) is -1.18. The Balaban J connectivity index is 1.90. The summed E-state index contributed by atoms with van der Waals surface area (Å²) in [5, 5.41) is 10.8. The van der Waals surface area contributed by atoms with Gasteiger partial charge in [-0.25, -0.2) is 8.42 Å². The molecule has 2 aromatic rings. The molecule has 0 saturated heterocycles. The second-order valence-corrected chi connectivity index (χ2v) is 11.7. The molecule has 1 unspecified atom stereocenters. The summed E-state index contributed by atoms with van der Waals surface area (Å²) >= 11 is 0. The molecule has 12 nitrogen and oxygen atoms in total. The minimum atomic E-state index is -4.18. The second kappa shape index (κ2) is 14.2. The first-order valence-electron chi connectivity index (χ1n) is 13.3. The van der Waals surface area contributed by atoms with E-state index in [4.69, 9.17) is 20.9 Å². The quantitative estimate of drug-likeness (QED) is 0.148. The van der Waals surface area contributed by atoms with Gasteiger partial charge in [-0.3, -0.25) is 14.6 Å². The molecular weight excluding hydrogens is 538 g/mol. The fraction of sp³-hybridized carbons (Fsp3) is 0.519. The molecule has 3 rings (SSSR count). The number of hydrogen-bond acceptors (Lipinski definition) is 7. The van der Waals surface area contributed by atoms with Crippen molar-refractivity contribution in [3.05, 3.63) is 30.3 Å². The minimum Gasteiger partial charge on any atom is -0.493 e. The summed E-state index contributed by atoms with van der Waals surface area (Å²) in [6.45, 7) is -0.0685. The number of fused-ring (bicyclic) bond motifs is 1. The lowest BCUT2D eigenvalue weighted by molar-refractivity contribution is -0.145. The molecule has 0 aliphatic heterocycles. The number of nitrogens with one attached hydrogen (secondary N) is 1. The number of benzene rings is 2. The van der Waals surface area contributed by atoms with Crippen LogP contribution in [0.2, 0.25) is 0 Å². The van der Waals surface area contributed by atoms with Gasteiger partial charge in [-0.2, -0.15) is 4.72 Å². The third kappa shape index (κ3) is 8.46. The van der Waals surface area contributed by atoms with Gasteiger partial charge in [0.1, 0.15) is 12.6 Å². The van der Waals surface area contributed by atoms with Crippen LogP contribution in [0.3, 0.4) is 0 Å². The van der Waals surface area contributed by atoms with Crippen LogP contribution in [0.25, 0.3) is 10.8 Å². The number of aliphatic carboxylic acids is 1. The van der Waals surface area contributed by atoms with E-state index >= 15 is 0 Å². The smallest absolute Gasteiger partial charge is 0.323 e. The molecule has 0 bridgehead atoms. The Hall–Kier alpha value is -3.58. The Labute approximate surface area is 234 Å². The van der Waals surface area contributed by atoms with Crippen molar-refractivity contribution in [3.63, 3.8) is 0 Å². The van der Waals surface area contributed by atoms with Crippen LogP contribution >= 0.6 is 0 Å². The average Bonchev–Trinajstić information content (AvgIpc) is 2.92. The van der Waals surface area contributed by atoms with Gasteiger partial charge in [0.15, 0.2) is 17.5 Å². The number of nitrogens with zero attached hydrogens (tertiary/aromatic N) is 2. The highest BCUT2D eigenvalue weighted by Crippen LogP contribution is 2.33. The minimum absolute atomic E-state index is 0.0497. The monoisotopic (exact) mass is 577 g/mol. The predicted octanol–water partition coefficient (Wildman–Crippen LogP) is 2.05. The van der Waals surface area contributed by atoms with E-state index in [1.807, 2.05) is 0 Å². The number of ether oxygens (including phenoxy) is 2. The van der Waals surface area contributed by atoms with Crippen LogP contribution in [0.15, 0.2) is 40.2 Å². The fourth-order valence-corrected chi connectivity index (χ4v) is 6.27. The number of carboxylic acid groups (broad SMARTS) is 1. The van der Waals surface area contributed by atoms with Crippen molar-refractivity contribution < 1.29 is 32.6 Å². The van der Waals surface area contributed by atoms with E-state index in [1.165, 1.54) is 31.3 Å². The highest BCUT2D eigenvalue weighted by atomic mass is 32.2. The molecular formula is C27H39N5O7S. The van der Waals surface area contributed by atoms with Gasteiger partial charge in [0.25, 0.3) is 0 Å². The summed E-state index contributed by atoms with van der Waals surface area (Å²) in [5.74, 6) is -0.748. The third-order valence-corrected chi connectivity index (χ3v) is 8.48. The number of carbonyl (C=O) groups excluding carboxylic acids is 1. The SMILES string of the molecule is COc1cc2ccc(S(=O)(=O)NC(CCCN=C(N)N)C(=O)N(CC(=O)O)CC3CCCCC3)cc2cc1OC. The van der Waals surface area contributed by atoms with E-state index in [1.54, 1.807) is 18.2 Å². The summed E-state index contributed by atoms with van der Waals surface area (Å²) in [6, 6.07) is 6.77. The number of guanidine groups is 1. The largest absolute Gasteiger partial charge is 0.493 e. The topological polar surface area (TPSA) is 187 Å². The Kier molecular flexibility index (Phi) is 11.0. The lowest BCUT2D eigenvalue weighted by Gasteiger charge is -2.31. The van der Waals surface area contributed by atoms with Crippen LogP contribution < -0.4 is 25.7 Å². The van der Waals surface area contributed by atoms with Crippen LogP contribution in [-0.4, -0.2) is 76.2 Å². The summed E-state index contributed by atoms with van der Waals surface area (Å²) in [6.07, 6.45) is 5.33. The Morgan fingerprint density at radius 3 is 2.33 bits per heavy atom. The van der Waals surface area contributed by atoms with E-state index in [0.717, 1.165) is 37.5 Å². The third-order valence-electron chi connectivity index (χ3n) is 7.01. The predicted molar refractivity (Wildman–Crippen MR) is 152 cm³/mol. The van der Waals surface area contributed by atoms with Crippen molar-refractivity contribution >= 4 is 38.6 Å². The van der Waals surface area contributed by atoms with Crippen molar-refractivity contribution in [2.75, 3.05) is 33.9 Å². The van der Waals surface area contributed by atoms with E-state index < -0.39 is 34.5 Å². The maximum absolute atomic E-state index is 13.7. The number of carboxylic acids is 1. The van der Waals surface area contributed by atoms with Crippen LogP contribution in [0, 0.1) is 5.92 Å². The first-order chi connectivity index (χ1) is 19.0. The number of aliphatic imine (C=N–C) groups is 1. The van der Waals surface area contributed by atoms with Gasteiger partial charge >= 0.3 is 5.97 Å². The van der Waals surface area contributed by atoms with Crippen molar-refractivity contribution in [3.8, 4) is 11.5 Å². The van der Waals surface area contributed by atoms with Gasteiger partial charge < -0.3 is 30.9 Å². The molecule has 1 fully saturated rings. The lowest BCUT2D eigenvalue weighted by Crippen LogP contribution is -2.51. The van der Waals surface area contributed by atoms with Crippen molar-refractivity contribution in [1.29, 1.82) is 0 Å². The van der Waals surface area contributed by atoms with Crippen LogP contribution in [0.5, 0.6) is 11.5 Å². The maximum atomic E-state index is 13.7. The second-order valence-electron chi connectivity index (χ2n) is 9.96. The number of hydrogen-bond donors (Lipinski definition) is 4. The number of methoxy groups -OCH3 is 2. The van der Waals surface area contributed by atoms with E-state index in [2.05, 4.69) is 9.71 Å². The van der Waals surface area contributed by atoms with Gasteiger partial charge in [0.05, 0.1) is 19.1 Å². The Bertz CT molecular complexity index is 1320. The number of sulfonamides is 1. The molecule has 1 atom stereocenters. The first-order valence-corrected chi connectivity index (χ1v) is 14.8. The molecule has 220 valence electrons. The Morgan fingerprint density at radius 1 is 1.07 bits per heavy atom. The first kappa shape index (κ1) is 31.0. The number of carbonyl (C=O) groups is 2. The van der Waals surface area contributed by atoms with Gasteiger partial charge in [-0.05, 0) is 66.6 Å². The molecule has 0 spiro atoms. The van der Waals surface area contributed by atoms with Crippen molar-refractivity contribution in [1.82, 2.24) is 9.62 Å². The molecule has 1 aliphatic rings. The maximum Gasteiger partial charge on any atom is 0.323 e. The molecule has 13 heteroatoms. The molecule has 40 heavy (non-hydrogen) atoms. The van der Waals surface area contributed by atoms with Gasteiger partial charge in [-0.1, -0.05) is 25.3 Å². The van der Waals surface area contributed by atoms with E-state index in [0.29, 0.717) is 23.3 Å². The molecule has 1 amide bonds. The van der Waals surface area contributed by atoms with E-state index in [9.17, 15) is 23.1 Å². The van der Waals surface area contributed by atoms with Crippen LogP contribution in [0.1, 0.15) is 44.9 Å². The summed E-state index contributed by atoms with van der Waals surface area (Å²) in [4.78, 5) is 30.4. The zero-order valence-electron chi connectivity index (χ0n) is 23.0. The van der Waals surface area contributed by atoms with Crippen molar-refractivity contribution in [2.24, 2.45) is 22.4 Å². The van der Waals surface area contributed by atoms with Crippen molar-refractivity contribution in [2.45, 2.75) is 55.9 Å². The summed E-state index contributed by atoms with van der Waals surface area (Å²) in [5.41, 5.74) is 10.8. The number of amides is 1. The van der Waals surface area contributed by atoms with Crippen LogP contribution in [-0.2, 0) is 19.6 Å². The molecule has 0 heterocycles. The molecule has 1 saturated carbocycles. The van der Waals surface area contributed by atoms with Gasteiger partial charge in [0.2, 0.25) is 15.9 Å².